The zero-order valence-electron chi connectivity index (χ0n) is 13.4. The Hall–Kier alpha value is -1.39. The molecule has 2 atom stereocenters. The molecule has 0 radical (unpaired) electrons. The minimum Gasteiger partial charge on any atom is -0.392 e. The number of rotatable bonds is 4. The van der Waals surface area contributed by atoms with Gasteiger partial charge in [-0.2, -0.15) is 0 Å². The van der Waals surface area contributed by atoms with Gasteiger partial charge in [0.1, 0.15) is 0 Å². The van der Waals surface area contributed by atoms with Crippen LogP contribution in [0.15, 0.2) is 24.3 Å². The molecule has 0 bridgehead atoms. The molecular formula is C17H26N2O2. The van der Waals surface area contributed by atoms with Crippen LogP contribution < -0.4 is 5.32 Å². The molecule has 1 heterocycles. The molecule has 4 heteroatoms. The third-order valence-electron chi connectivity index (χ3n) is 4.05. The van der Waals surface area contributed by atoms with E-state index in [4.69, 9.17) is 0 Å². The van der Waals surface area contributed by atoms with Gasteiger partial charge in [0.05, 0.1) is 6.61 Å². The summed E-state index contributed by atoms with van der Waals surface area (Å²) in [5, 5.41) is 12.8. The van der Waals surface area contributed by atoms with Crippen molar-refractivity contribution in [1.29, 1.82) is 0 Å². The number of nitrogens with zero attached hydrogens (tertiary/aromatic N) is 1. The Morgan fingerprint density at radius 1 is 1.43 bits per heavy atom. The fourth-order valence-electron chi connectivity index (χ4n) is 2.88. The Labute approximate surface area is 127 Å². The van der Waals surface area contributed by atoms with Crippen LogP contribution in [-0.4, -0.2) is 34.0 Å². The van der Waals surface area contributed by atoms with Gasteiger partial charge in [0, 0.05) is 30.6 Å². The van der Waals surface area contributed by atoms with Gasteiger partial charge in [0.25, 0.3) is 0 Å². The quantitative estimate of drug-likeness (QED) is 0.894. The Bertz CT molecular complexity index is 508. The number of aliphatic hydroxyl groups excluding tert-OH is 1. The summed E-state index contributed by atoms with van der Waals surface area (Å²) in [7, 11) is 0. The molecular weight excluding hydrogens is 264 g/mol. The summed E-state index contributed by atoms with van der Waals surface area (Å²) < 4.78 is 0. The zero-order valence-corrected chi connectivity index (χ0v) is 13.4. The first kappa shape index (κ1) is 16.0. The molecule has 2 rings (SSSR count). The van der Waals surface area contributed by atoms with Crippen molar-refractivity contribution >= 4 is 5.91 Å². The average Bonchev–Trinajstić information content (AvgIpc) is 2.79. The van der Waals surface area contributed by atoms with Gasteiger partial charge in [-0.05, 0) is 38.8 Å². The lowest BCUT2D eigenvalue weighted by Crippen LogP contribution is -2.44. The topological polar surface area (TPSA) is 52.6 Å². The third kappa shape index (κ3) is 3.83. The molecule has 116 valence electrons. The van der Waals surface area contributed by atoms with E-state index in [0.717, 1.165) is 17.7 Å². The average molecular weight is 290 g/mol. The van der Waals surface area contributed by atoms with Gasteiger partial charge in [-0.1, -0.05) is 24.3 Å². The number of carbonyl (C=O) groups is 1. The molecule has 1 amide bonds. The van der Waals surface area contributed by atoms with Crippen LogP contribution in [0, 0.1) is 0 Å². The number of hydrogen-bond donors (Lipinski definition) is 2. The highest BCUT2D eigenvalue weighted by Crippen LogP contribution is 2.24. The molecule has 0 saturated carbocycles. The maximum atomic E-state index is 12.1. The maximum absolute atomic E-state index is 12.1. The van der Waals surface area contributed by atoms with E-state index in [1.807, 2.05) is 23.1 Å². The van der Waals surface area contributed by atoms with E-state index in [1.165, 1.54) is 0 Å². The molecule has 1 aromatic rings. The van der Waals surface area contributed by atoms with Crippen molar-refractivity contribution in [3.63, 3.8) is 0 Å². The van der Waals surface area contributed by atoms with Crippen molar-refractivity contribution in [3.8, 4) is 0 Å². The lowest BCUT2D eigenvalue weighted by atomic mass is 10.0. The second-order valence-corrected chi connectivity index (χ2v) is 6.87. The molecule has 0 spiro atoms. The van der Waals surface area contributed by atoms with Crippen molar-refractivity contribution in [1.82, 2.24) is 10.2 Å². The van der Waals surface area contributed by atoms with Crippen molar-refractivity contribution in [2.24, 2.45) is 0 Å². The maximum Gasteiger partial charge on any atom is 0.224 e. The largest absolute Gasteiger partial charge is 0.392 e. The normalized spacial score (nSPS) is 20.9. The van der Waals surface area contributed by atoms with E-state index < -0.39 is 0 Å². The van der Waals surface area contributed by atoms with E-state index in [2.05, 4.69) is 39.1 Å². The second kappa shape index (κ2) is 6.16. The van der Waals surface area contributed by atoms with Crippen LogP contribution in [0.4, 0.5) is 0 Å². The van der Waals surface area contributed by atoms with Crippen molar-refractivity contribution in [2.45, 2.75) is 58.3 Å². The monoisotopic (exact) mass is 290 g/mol. The molecule has 2 unspecified atom stereocenters. The Balaban J connectivity index is 2.00. The highest BCUT2D eigenvalue weighted by atomic mass is 16.3. The summed E-state index contributed by atoms with van der Waals surface area (Å²) in [6.07, 6.45) is 0.557. The van der Waals surface area contributed by atoms with Gasteiger partial charge in [0.15, 0.2) is 0 Å². The number of hydrogen-bond acceptors (Lipinski definition) is 3. The van der Waals surface area contributed by atoms with E-state index in [1.54, 1.807) is 0 Å². The number of benzene rings is 1. The van der Waals surface area contributed by atoms with E-state index in [-0.39, 0.29) is 30.1 Å². The number of carbonyl (C=O) groups excluding carboxylic acids is 1. The SMILES string of the molecule is CC(NC1CC(=O)N(C(C)(C)C)C1)c1cccc(CO)c1. The van der Waals surface area contributed by atoms with Crippen molar-refractivity contribution < 1.29 is 9.90 Å². The summed E-state index contributed by atoms with van der Waals surface area (Å²) in [5.74, 6) is 0.219. The molecule has 1 saturated heterocycles. The lowest BCUT2D eigenvalue weighted by molar-refractivity contribution is -0.131. The molecule has 0 aromatic heterocycles. The highest BCUT2D eigenvalue weighted by molar-refractivity contribution is 5.80. The smallest absolute Gasteiger partial charge is 0.224 e. The number of likely N-dealkylation sites (tertiary alicyclic amines) is 1. The van der Waals surface area contributed by atoms with Crippen LogP contribution in [0.3, 0.4) is 0 Å². The molecule has 1 fully saturated rings. The summed E-state index contributed by atoms with van der Waals surface area (Å²) in [6, 6.07) is 8.28. The van der Waals surface area contributed by atoms with Gasteiger partial charge in [0.2, 0.25) is 5.91 Å². The molecule has 1 aliphatic heterocycles. The van der Waals surface area contributed by atoms with Crippen molar-refractivity contribution in [2.75, 3.05) is 6.54 Å². The van der Waals surface area contributed by atoms with Gasteiger partial charge in [-0.15, -0.1) is 0 Å². The fourth-order valence-corrected chi connectivity index (χ4v) is 2.88. The van der Waals surface area contributed by atoms with Gasteiger partial charge in [-0.3, -0.25) is 4.79 Å². The third-order valence-corrected chi connectivity index (χ3v) is 4.05. The predicted molar refractivity (Wildman–Crippen MR) is 83.8 cm³/mol. The van der Waals surface area contributed by atoms with Gasteiger partial charge < -0.3 is 15.3 Å². The fraction of sp³-hybridized carbons (Fsp3) is 0.588. The van der Waals surface area contributed by atoms with Gasteiger partial charge in [-0.25, -0.2) is 0 Å². The summed E-state index contributed by atoms with van der Waals surface area (Å²) in [6.45, 7) is 9.12. The number of amides is 1. The summed E-state index contributed by atoms with van der Waals surface area (Å²) >= 11 is 0. The first-order valence-corrected chi connectivity index (χ1v) is 7.57. The van der Waals surface area contributed by atoms with E-state index >= 15 is 0 Å². The van der Waals surface area contributed by atoms with Gasteiger partial charge >= 0.3 is 0 Å². The molecule has 2 N–H and O–H groups in total. The van der Waals surface area contributed by atoms with E-state index in [0.29, 0.717) is 6.42 Å². The minimum atomic E-state index is -0.118. The number of nitrogens with one attached hydrogen (secondary N) is 1. The number of aliphatic hydroxyl groups is 1. The Morgan fingerprint density at radius 2 is 2.14 bits per heavy atom. The van der Waals surface area contributed by atoms with Crippen LogP contribution >= 0.6 is 0 Å². The van der Waals surface area contributed by atoms with Crippen molar-refractivity contribution in [3.05, 3.63) is 35.4 Å². The second-order valence-electron chi connectivity index (χ2n) is 6.87. The first-order valence-electron chi connectivity index (χ1n) is 7.57. The molecule has 4 nitrogen and oxygen atoms in total. The van der Waals surface area contributed by atoms with Crippen LogP contribution in [0.5, 0.6) is 0 Å². The minimum absolute atomic E-state index is 0.0558. The van der Waals surface area contributed by atoms with Crippen LogP contribution in [-0.2, 0) is 11.4 Å². The standard InChI is InChI=1S/C17H26N2O2/c1-12(14-7-5-6-13(8-14)11-20)18-15-9-16(21)19(10-15)17(2,3)4/h5-8,12,15,18,20H,9-11H2,1-4H3. The molecule has 0 aliphatic carbocycles. The van der Waals surface area contributed by atoms with Crippen LogP contribution in [0.25, 0.3) is 0 Å². The lowest BCUT2D eigenvalue weighted by Gasteiger charge is -2.32. The molecule has 1 aliphatic rings. The summed E-state index contributed by atoms with van der Waals surface area (Å²) in [5.41, 5.74) is 1.94. The molecule has 21 heavy (non-hydrogen) atoms. The Kier molecular flexibility index (Phi) is 4.69. The first-order chi connectivity index (χ1) is 9.81. The van der Waals surface area contributed by atoms with E-state index in [9.17, 15) is 9.90 Å². The van der Waals surface area contributed by atoms with Crippen LogP contribution in [0.1, 0.15) is 51.3 Å². The Morgan fingerprint density at radius 3 is 2.71 bits per heavy atom. The predicted octanol–water partition coefficient (Wildman–Crippen LogP) is 2.23. The van der Waals surface area contributed by atoms with Crippen LogP contribution in [0.2, 0.25) is 0 Å². The zero-order chi connectivity index (χ0) is 15.6. The molecule has 1 aromatic carbocycles. The summed E-state index contributed by atoms with van der Waals surface area (Å²) in [4.78, 5) is 14.0. The highest BCUT2D eigenvalue weighted by Gasteiger charge is 2.36.